The lowest BCUT2D eigenvalue weighted by Crippen LogP contribution is -2.30. The highest BCUT2D eigenvalue weighted by molar-refractivity contribution is 5.94. The first-order valence-electron chi connectivity index (χ1n) is 7.96. The molecule has 8 heteroatoms. The molecule has 0 radical (unpaired) electrons. The Hall–Kier alpha value is -3.29. The first-order valence-corrected chi connectivity index (χ1v) is 7.96. The first kappa shape index (κ1) is 17.5. The van der Waals surface area contributed by atoms with E-state index in [0.29, 0.717) is 5.56 Å². The molecule has 1 aliphatic heterocycles. The van der Waals surface area contributed by atoms with Crippen molar-refractivity contribution >= 4 is 11.9 Å². The molecule has 0 fully saturated rings. The van der Waals surface area contributed by atoms with Crippen LogP contribution >= 0.6 is 0 Å². The van der Waals surface area contributed by atoms with Crippen LogP contribution in [0, 0.1) is 0 Å². The van der Waals surface area contributed by atoms with Gasteiger partial charge >= 0.3 is 11.9 Å². The predicted octanol–water partition coefficient (Wildman–Crippen LogP) is 1.71. The lowest BCUT2D eigenvalue weighted by Gasteiger charge is -2.25. The summed E-state index contributed by atoms with van der Waals surface area (Å²) in [6.45, 7) is 1.78. The molecule has 3 rings (SSSR count). The molecule has 26 heavy (non-hydrogen) atoms. The van der Waals surface area contributed by atoms with Gasteiger partial charge in [-0.1, -0.05) is 6.07 Å². The lowest BCUT2D eigenvalue weighted by molar-refractivity contribution is -0.135. The molecule has 1 aromatic carbocycles. The van der Waals surface area contributed by atoms with Crippen LogP contribution in [0.4, 0.5) is 0 Å². The molecule has 0 spiro atoms. The number of phenolic OH excluding ortho intramolecular Hbond substituents is 1. The molecule has 0 saturated carbocycles. The number of H-pyrrole nitrogens is 1. The van der Waals surface area contributed by atoms with Gasteiger partial charge in [0, 0.05) is 12.1 Å². The standard InChI is InChI=1S/C18H17NO7/c1-3-25-18(23)11-8-19-17(22)15-10(7-14(21)26-16(11)15)9-4-5-13(24-2)12(20)6-9/h4-6,8,10,20H,3,7H2,1-2H3,(H,19,22)/t10-/m0/s1. The van der Waals surface area contributed by atoms with Crippen LogP contribution < -0.4 is 15.0 Å². The SMILES string of the molecule is CCOC(=O)c1c[nH]c(=O)c2c1OC(=O)C[C@H]2c1ccc(OC)c(O)c1. The Labute approximate surface area is 148 Å². The molecule has 0 amide bonds. The molecule has 0 saturated heterocycles. The monoisotopic (exact) mass is 359 g/mol. The van der Waals surface area contributed by atoms with E-state index in [1.807, 2.05) is 0 Å². The third kappa shape index (κ3) is 3.01. The van der Waals surface area contributed by atoms with E-state index in [0.717, 1.165) is 0 Å². The zero-order valence-electron chi connectivity index (χ0n) is 14.2. The first-order chi connectivity index (χ1) is 12.5. The van der Waals surface area contributed by atoms with Crippen LogP contribution in [0.1, 0.15) is 40.7 Å². The van der Waals surface area contributed by atoms with Crippen molar-refractivity contribution in [2.75, 3.05) is 13.7 Å². The second-order valence-electron chi connectivity index (χ2n) is 5.66. The van der Waals surface area contributed by atoms with E-state index in [9.17, 15) is 19.5 Å². The zero-order chi connectivity index (χ0) is 18.8. The van der Waals surface area contributed by atoms with Gasteiger partial charge in [-0.2, -0.15) is 0 Å². The average Bonchev–Trinajstić information content (AvgIpc) is 2.61. The van der Waals surface area contributed by atoms with E-state index >= 15 is 0 Å². The van der Waals surface area contributed by atoms with Crippen LogP contribution in [0.15, 0.2) is 29.2 Å². The number of nitrogens with one attached hydrogen (secondary N) is 1. The van der Waals surface area contributed by atoms with Gasteiger partial charge in [-0.15, -0.1) is 0 Å². The lowest BCUT2D eigenvalue weighted by atomic mass is 9.86. The molecule has 1 aromatic heterocycles. The summed E-state index contributed by atoms with van der Waals surface area (Å²) in [6.07, 6.45) is 1.06. The maximum atomic E-state index is 12.4. The molecular formula is C18H17NO7. The Bertz CT molecular complexity index is 932. The third-order valence-corrected chi connectivity index (χ3v) is 4.12. The van der Waals surface area contributed by atoms with Crippen molar-refractivity contribution in [1.82, 2.24) is 4.98 Å². The second-order valence-corrected chi connectivity index (χ2v) is 5.66. The number of fused-ring (bicyclic) bond motifs is 1. The highest BCUT2D eigenvalue weighted by Gasteiger charge is 2.35. The number of methoxy groups -OCH3 is 1. The van der Waals surface area contributed by atoms with Gasteiger partial charge in [-0.25, -0.2) is 4.79 Å². The molecule has 1 aliphatic rings. The van der Waals surface area contributed by atoms with Crippen LogP contribution in [0.25, 0.3) is 0 Å². The average molecular weight is 359 g/mol. The molecular weight excluding hydrogens is 342 g/mol. The van der Waals surface area contributed by atoms with Crippen molar-refractivity contribution in [3.8, 4) is 17.2 Å². The largest absolute Gasteiger partial charge is 0.504 e. The van der Waals surface area contributed by atoms with E-state index < -0.39 is 23.4 Å². The van der Waals surface area contributed by atoms with Crippen molar-refractivity contribution in [1.29, 1.82) is 0 Å². The summed E-state index contributed by atoms with van der Waals surface area (Å²) in [5, 5.41) is 10.0. The number of hydrogen-bond donors (Lipinski definition) is 2. The minimum atomic E-state index is -0.703. The number of esters is 2. The van der Waals surface area contributed by atoms with Gasteiger partial charge in [0.25, 0.3) is 5.56 Å². The normalized spacial score (nSPS) is 15.8. The number of carbonyl (C=O) groups is 2. The van der Waals surface area contributed by atoms with Crippen molar-refractivity contribution in [2.24, 2.45) is 0 Å². The summed E-state index contributed by atoms with van der Waals surface area (Å²) in [5.74, 6) is -1.94. The van der Waals surface area contributed by atoms with Gasteiger partial charge in [0.1, 0.15) is 5.56 Å². The highest BCUT2D eigenvalue weighted by atomic mass is 16.5. The summed E-state index contributed by atoms with van der Waals surface area (Å²) < 4.78 is 15.2. The number of hydrogen-bond acceptors (Lipinski definition) is 7. The van der Waals surface area contributed by atoms with Crippen LogP contribution in [0.5, 0.6) is 17.2 Å². The van der Waals surface area contributed by atoms with Crippen LogP contribution in [-0.2, 0) is 9.53 Å². The number of ether oxygens (including phenoxy) is 3. The molecule has 136 valence electrons. The highest BCUT2D eigenvalue weighted by Crippen LogP contribution is 2.40. The predicted molar refractivity (Wildman–Crippen MR) is 89.8 cm³/mol. The van der Waals surface area contributed by atoms with E-state index in [2.05, 4.69) is 4.98 Å². The molecule has 0 bridgehead atoms. The van der Waals surface area contributed by atoms with Gasteiger partial charge in [0.2, 0.25) is 0 Å². The Morgan fingerprint density at radius 2 is 2.15 bits per heavy atom. The number of rotatable bonds is 4. The Morgan fingerprint density at radius 1 is 1.38 bits per heavy atom. The van der Waals surface area contributed by atoms with E-state index in [1.54, 1.807) is 13.0 Å². The number of aromatic hydroxyl groups is 1. The Morgan fingerprint density at radius 3 is 2.81 bits per heavy atom. The van der Waals surface area contributed by atoms with Gasteiger partial charge in [0.05, 0.1) is 25.7 Å². The van der Waals surface area contributed by atoms with Crippen LogP contribution in [0.3, 0.4) is 0 Å². The van der Waals surface area contributed by atoms with E-state index in [1.165, 1.54) is 25.4 Å². The van der Waals surface area contributed by atoms with Crippen molar-refractivity contribution in [3.05, 3.63) is 51.4 Å². The summed E-state index contributed by atoms with van der Waals surface area (Å²) >= 11 is 0. The fourth-order valence-electron chi connectivity index (χ4n) is 2.95. The van der Waals surface area contributed by atoms with Gasteiger partial charge in [-0.05, 0) is 24.6 Å². The second kappa shape index (κ2) is 6.91. The molecule has 2 heterocycles. The van der Waals surface area contributed by atoms with Crippen molar-refractivity contribution in [2.45, 2.75) is 19.3 Å². The van der Waals surface area contributed by atoms with Gasteiger partial charge in [0.15, 0.2) is 17.2 Å². The fourth-order valence-corrected chi connectivity index (χ4v) is 2.95. The summed E-state index contributed by atoms with van der Waals surface area (Å²) in [6, 6.07) is 4.60. The summed E-state index contributed by atoms with van der Waals surface area (Å²) in [7, 11) is 1.42. The smallest absolute Gasteiger partial charge is 0.343 e. The minimum Gasteiger partial charge on any atom is -0.504 e. The van der Waals surface area contributed by atoms with E-state index in [4.69, 9.17) is 14.2 Å². The van der Waals surface area contributed by atoms with E-state index in [-0.39, 0.29) is 41.4 Å². The van der Waals surface area contributed by atoms with Crippen molar-refractivity contribution in [3.63, 3.8) is 0 Å². The van der Waals surface area contributed by atoms with Crippen molar-refractivity contribution < 1.29 is 28.9 Å². The Kier molecular flexibility index (Phi) is 4.66. The zero-order valence-corrected chi connectivity index (χ0v) is 14.2. The quantitative estimate of drug-likeness (QED) is 0.799. The number of aromatic nitrogens is 1. The van der Waals surface area contributed by atoms with Gasteiger partial charge in [-0.3, -0.25) is 9.59 Å². The molecule has 0 unspecified atom stereocenters. The molecule has 2 N–H and O–H groups in total. The Balaban J connectivity index is 2.16. The maximum absolute atomic E-state index is 12.4. The number of carbonyl (C=O) groups excluding carboxylic acids is 2. The number of pyridine rings is 1. The minimum absolute atomic E-state index is 0.0303. The molecule has 1 atom stereocenters. The summed E-state index contributed by atoms with van der Waals surface area (Å²) in [4.78, 5) is 39.1. The molecule has 0 aliphatic carbocycles. The maximum Gasteiger partial charge on any atom is 0.343 e. The van der Waals surface area contributed by atoms with Gasteiger partial charge < -0.3 is 24.3 Å². The van der Waals surface area contributed by atoms with Crippen LogP contribution in [0.2, 0.25) is 0 Å². The molecule has 8 nitrogen and oxygen atoms in total. The van der Waals surface area contributed by atoms with Crippen LogP contribution in [-0.4, -0.2) is 35.7 Å². The topological polar surface area (TPSA) is 115 Å². The fraction of sp³-hybridized carbons (Fsp3) is 0.278. The molecule has 2 aromatic rings. The number of benzene rings is 1. The number of aromatic amines is 1. The third-order valence-electron chi connectivity index (χ3n) is 4.12. The summed E-state index contributed by atoms with van der Waals surface area (Å²) in [5.41, 5.74) is 0.144. The number of phenols is 1.